The maximum Gasteiger partial charge on any atom is 0.329 e. The monoisotopic (exact) mass is 563 g/mol. The quantitative estimate of drug-likeness (QED) is 0.347. The molecule has 6 rings (SSSR count). The van der Waals surface area contributed by atoms with Crippen molar-refractivity contribution in [1.29, 1.82) is 0 Å². The molecule has 17 heteroatoms. The molecule has 212 valence electrons. The number of carbonyl (C=O) groups excluding carboxylic acids is 1. The number of methoxy groups -OCH3 is 1. The minimum atomic E-state index is -4.28. The molecule has 3 aliphatic rings. The molecule has 3 aromatic heterocycles. The Labute approximate surface area is 224 Å². The van der Waals surface area contributed by atoms with Gasteiger partial charge in [0.2, 0.25) is 23.8 Å². The van der Waals surface area contributed by atoms with Crippen molar-refractivity contribution in [3.63, 3.8) is 0 Å². The lowest BCUT2D eigenvalue weighted by Crippen LogP contribution is -2.41. The normalized spacial score (nSPS) is 23.4. The molecule has 1 saturated carbocycles. The number of ether oxygens (including phenoxy) is 1. The molecule has 0 bridgehead atoms. The first-order valence-corrected chi connectivity index (χ1v) is 12.6. The highest BCUT2D eigenvalue weighted by atomic mass is 19.3. The maximum atomic E-state index is 14.1. The first-order chi connectivity index (χ1) is 19.1. The maximum absolute atomic E-state index is 14.1. The zero-order valence-electron chi connectivity index (χ0n) is 21.2. The average Bonchev–Trinajstić information content (AvgIpc) is 3.42. The minimum absolute atomic E-state index is 0.0807. The fourth-order valence-corrected chi connectivity index (χ4v) is 4.72. The predicted molar refractivity (Wildman–Crippen MR) is 133 cm³/mol. The van der Waals surface area contributed by atoms with Gasteiger partial charge in [0.15, 0.2) is 11.6 Å². The molecule has 2 aliphatic heterocycles. The van der Waals surface area contributed by atoms with Crippen molar-refractivity contribution < 1.29 is 27.1 Å². The number of hydrogen-bond acceptors (Lipinski definition) is 11. The van der Waals surface area contributed by atoms with Crippen molar-refractivity contribution in [3.05, 3.63) is 30.4 Å². The first kappa shape index (κ1) is 26.1. The summed E-state index contributed by atoms with van der Waals surface area (Å²) in [5.74, 6) is -8.64. The van der Waals surface area contributed by atoms with Crippen LogP contribution >= 0.6 is 0 Å². The smallest absolute Gasteiger partial charge is 0.329 e. The number of rotatable bonds is 8. The molecule has 2 saturated heterocycles. The Kier molecular flexibility index (Phi) is 6.39. The van der Waals surface area contributed by atoms with Crippen molar-refractivity contribution in [3.8, 4) is 0 Å². The molecule has 2 atom stereocenters. The zero-order chi connectivity index (χ0) is 28.1. The van der Waals surface area contributed by atoms with Gasteiger partial charge in [-0.3, -0.25) is 14.9 Å². The van der Waals surface area contributed by atoms with Gasteiger partial charge in [-0.05, 0) is 12.8 Å². The third-order valence-corrected chi connectivity index (χ3v) is 7.03. The molecule has 5 heterocycles. The van der Waals surface area contributed by atoms with Crippen molar-refractivity contribution in [2.45, 2.75) is 49.2 Å². The van der Waals surface area contributed by atoms with Gasteiger partial charge in [-0.1, -0.05) is 0 Å². The summed E-state index contributed by atoms with van der Waals surface area (Å²) >= 11 is 0. The Balaban J connectivity index is 1.34. The van der Waals surface area contributed by atoms with Crippen LogP contribution in [0.1, 0.15) is 30.9 Å². The summed E-state index contributed by atoms with van der Waals surface area (Å²) in [5.41, 5.74) is 0.916. The molecule has 13 nitrogen and oxygen atoms in total. The van der Waals surface area contributed by atoms with Crippen molar-refractivity contribution in [2.75, 3.05) is 47.2 Å². The topological polar surface area (TPSA) is 150 Å². The number of carbonyl (C=O) groups is 1. The number of alkyl halides is 4. The van der Waals surface area contributed by atoms with E-state index < -0.39 is 48.9 Å². The van der Waals surface area contributed by atoms with E-state index in [1.807, 2.05) is 0 Å². The molecule has 3 aromatic rings. The number of H-pyrrole nitrogens is 1. The predicted octanol–water partition coefficient (Wildman–Crippen LogP) is 2.33. The van der Waals surface area contributed by atoms with Crippen LogP contribution in [0.3, 0.4) is 0 Å². The number of amides is 1. The van der Waals surface area contributed by atoms with Gasteiger partial charge in [-0.15, -0.1) is 0 Å². The number of aromatic nitrogens is 7. The van der Waals surface area contributed by atoms with Crippen LogP contribution in [0, 0.1) is 0 Å². The lowest BCUT2D eigenvalue weighted by Gasteiger charge is -2.25. The molecular weight excluding hydrogens is 538 g/mol. The molecule has 0 unspecified atom stereocenters. The Morgan fingerprint density at radius 2 is 1.82 bits per heavy atom. The van der Waals surface area contributed by atoms with Crippen LogP contribution < -0.4 is 20.4 Å². The van der Waals surface area contributed by atoms with Gasteiger partial charge in [0.05, 0.1) is 25.4 Å². The fourth-order valence-electron chi connectivity index (χ4n) is 4.72. The second-order valence-corrected chi connectivity index (χ2v) is 9.97. The van der Waals surface area contributed by atoms with E-state index in [0.29, 0.717) is 16.6 Å². The minimum Gasteiger partial charge on any atom is -0.380 e. The first-order valence-electron chi connectivity index (χ1n) is 12.6. The number of nitrogens with zero attached hydrogens (tertiary/aromatic N) is 8. The van der Waals surface area contributed by atoms with Crippen LogP contribution in [0.15, 0.2) is 24.7 Å². The summed E-state index contributed by atoms with van der Waals surface area (Å²) < 4.78 is 61.8. The number of nitrogens with one attached hydrogen (secondary N) is 3. The van der Waals surface area contributed by atoms with Gasteiger partial charge >= 0.3 is 11.8 Å². The van der Waals surface area contributed by atoms with Gasteiger partial charge in [-0.25, -0.2) is 4.98 Å². The van der Waals surface area contributed by atoms with Crippen LogP contribution in [0.4, 0.5) is 47.0 Å². The highest BCUT2D eigenvalue weighted by molar-refractivity contribution is 5.96. The van der Waals surface area contributed by atoms with E-state index in [9.17, 15) is 22.4 Å². The van der Waals surface area contributed by atoms with Crippen LogP contribution in [-0.4, -0.2) is 91.8 Å². The van der Waals surface area contributed by atoms with Crippen LogP contribution in [0.5, 0.6) is 0 Å². The number of aromatic amines is 1. The molecular formula is C23H25F4N11O2. The standard InChI is InChI=1S/C23H25F4N11O2/c1-40-13-6-15(18(39)30-17-8-28-4-5-29-17)38(9-13)21-33-19(31-16-7-14(35-36-16)12-2-3-12)32-20(34-21)37-10-22(24,25)23(26,27)11-37/h4-5,7-8,12-13,15H,2-3,6,9-11H2,1H3,(H,29,30,39)(H2,31,32,33,34,35,36)/t13-,15-/m0/s1. The molecule has 1 amide bonds. The van der Waals surface area contributed by atoms with E-state index in [-0.39, 0.29) is 30.7 Å². The lowest BCUT2D eigenvalue weighted by molar-refractivity contribution is -0.172. The average molecular weight is 564 g/mol. The Morgan fingerprint density at radius 1 is 1.07 bits per heavy atom. The van der Waals surface area contributed by atoms with Gasteiger partial charge in [0.1, 0.15) is 6.04 Å². The Morgan fingerprint density at radius 3 is 2.50 bits per heavy atom. The molecule has 0 radical (unpaired) electrons. The fraction of sp³-hybridized carbons (Fsp3) is 0.522. The molecule has 0 spiro atoms. The number of halogens is 4. The van der Waals surface area contributed by atoms with E-state index in [0.717, 1.165) is 18.5 Å². The second kappa shape index (κ2) is 9.79. The third-order valence-electron chi connectivity index (χ3n) is 7.03. The van der Waals surface area contributed by atoms with E-state index in [1.54, 1.807) is 6.07 Å². The molecule has 0 aromatic carbocycles. The summed E-state index contributed by atoms with van der Waals surface area (Å²) in [5, 5.41) is 12.7. The van der Waals surface area contributed by atoms with Gasteiger partial charge < -0.3 is 25.2 Å². The summed E-state index contributed by atoms with van der Waals surface area (Å²) in [6.07, 6.45) is 6.17. The van der Waals surface area contributed by atoms with E-state index in [2.05, 4.69) is 45.8 Å². The lowest BCUT2D eigenvalue weighted by atomic mass is 10.2. The molecule has 3 N–H and O–H groups in total. The van der Waals surface area contributed by atoms with Gasteiger partial charge in [-0.2, -0.15) is 37.6 Å². The number of anilines is 5. The molecule has 40 heavy (non-hydrogen) atoms. The van der Waals surface area contributed by atoms with E-state index in [4.69, 9.17) is 4.74 Å². The van der Waals surface area contributed by atoms with Crippen molar-refractivity contribution >= 4 is 35.4 Å². The van der Waals surface area contributed by atoms with Crippen LogP contribution in [0.25, 0.3) is 0 Å². The summed E-state index contributed by atoms with van der Waals surface area (Å²) in [6, 6.07) is 0.913. The summed E-state index contributed by atoms with van der Waals surface area (Å²) in [6.45, 7) is -2.40. The second-order valence-electron chi connectivity index (χ2n) is 9.97. The van der Waals surface area contributed by atoms with Crippen LogP contribution in [-0.2, 0) is 9.53 Å². The highest BCUT2D eigenvalue weighted by Gasteiger charge is 2.63. The number of hydrogen-bond donors (Lipinski definition) is 3. The summed E-state index contributed by atoms with van der Waals surface area (Å²) in [4.78, 5) is 36.2. The van der Waals surface area contributed by atoms with Gasteiger partial charge in [0, 0.05) is 50.1 Å². The Bertz CT molecular complexity index is 1370. The van der Waals surface area contributed by atoms with Crippen molar-refractivity contribution in [2.24, 2.45) is 0 Å². The zero-order valence-corrected chi connectivity index (χ0v) is 21.2. The van der Waals surface area contributed by atoms with Gasteiger partial charge in [0.25, 0.3) is 0 Å². The van der Waals surface area contributed by atoms with Crippen LogP contribution in [0.2, 0.25) is 0 Å². The third kappa shape index (κ3) is 5.07. The largest absolute Gasteiger partial charge is 0.380 e. The van der Waals surface area contributed by atoms with E-state index >= 15 is 0 Å². The highest BCUT2D eigenvalue weighted by Crippen LogP contribution is 2.43. The Hall–Kier alpha value is -4.15. The summed E-state index contributed by atoms with van der Waals surface area (Å²) in [7, 11) is 1.49. The van der Waals surface area contributed by atoms with E-state index in [1.165, 1.54) is 30.6 Å². The molecule has 1 aliphatic carbocycles. The van der Waals surface area contributed by atoms with Crippen molar-refractivity contribution in [1.82, 2.24) is 35.1 Å². The SMILES string of the molecule is CO[C@H]1C[C@@H](C(=O)Nc2cnccn2)N(c2nc(Nc3cc(C4CC4)[nH]n3)nc(N3CC(F)(F)C(F)(F)C3)n2)C1. The molecule has 3 fully saturated rings.